The van der Waals surface area contributed by atoms with Gasteiger partial charge < -0.3 is 0 Å². The molecule has 0 radical (unpaired) electrons. The molecule has 0 bridgehead atoms. The summed E-state index contributed by atoms with van der Waals surface area (Å²) in [5.41, 5.74) is 2.87. The van der Waals surface area contributed by atoms with E-state index in [0.717, 1.165) is 18.4 Å². The summed E-state index contributed by atoms with van der Waals surface area (Å²) in [4.78, 5) is 4.72. The minimum atomic E-state index is -0.625. The predicted molar refractivity (Wildman–Crippen MR) is 70.9 cm³/mol. The lowest BCUT2D eigenvalue weighted by molar-refractivity contribution is -0.325. The van der Waals surface area contributed by atoms with Crippen LogP contribution in [0, 0.1) is 6.92 Å². The summed E-state index contributed by atoms with van der Waals surface area (Å²) in [6, 6.07) is 8.09. The van der Waals surface area contributed by atoms with Crippen molar-refractivity contribution < 1.29 is 10.1 Å². The molecule has 0 aliphatic carbocycles. The smallest absolute Gasteiger partial charge is 0.126 e. The Kier molecular flexibility index (Phi) is 4.91. The third kappa shape index (κ3) is 3.99. The number of allylic oxidation sites excluding steroid dienone is 2. The number of hydrogen-bond acceptors (Lipinski definition) is 2. The lowest BCUT2D eigenvalue weighted by Gasteiger charge is -2.26. The second kappa shape index (κ2) is 5.99. The van der Waals surface area contributed by atoms with Crippen LogP contribution < -0.4 is 0 Å². The van der Waals surface area contributed by atoms with Crippen LogP contribution in [0.3, 0.4) is 0 Å². The van der Waals surface area contributed by atoms with Crippen molar-refractivity contribution in [3.63, 3.8) is 0 Å². The van der Waals surface area contributed by atoms with Crippen molar-refractivity contribution in [1.82, 2.24) is 0 Å². The van der Waals surface area contributed by atoms with E-state index in [4.69, 9.17) is 10.1 Å². The van der Waals surface area contributed by atoms with E-state index in [9.17, 15) is 0 Å². The van der Waals surface area contributed by atoms with Crippen molar-refractivity contribution in [3.05, 3.63) is 47.0 Å². The Morgan fingerprint density at radius 2 is 1.88 bits per heavy atom. The zero-order valence-corrected chi connectivity index (χ0v) is 11.2. The van der Waals surface area contributed by atoms with Crippen LogP contribution in [-0.4, -0.2) is 5.26 Å². The largest absolute Gasteiger partial charge is 0.251 e. The zero-order valence-electron chi connectivity index (χ0n) is 11.2. The van der Waals surface area contributed by atoms with Crippen LogP contribution in [-0.2, 0) is 10.5 Å². The maximum absolute atomic E-state index is 9.15. The molecule has 2 nitrogen and oxygen atoms in total. The van der Waals surface area contributed by atoms with Crippen LogP contribution >= 0.6 is 0 Å². The van der Waals surface area contributed by atoms with Gasteiger partial charge in [0.05, 0.1) is 0 Å². The summed E-state index contributed by atoms with van der Waals surface area (Å²) < 4.78 is 0. The van der Waals surface area contributed by atoms with Crippen molar-refractivity contribution in [2.75, 3.05) is 0 Å². The van der Waals surface area contributed by atoms with E-state index in [1.165, 1.54) is 11.1 Å². The summed E-state index contributed by atoms with van der Waals surface area (Å²) in [6.45, 7) is 8.10. The van der Waals surface area contributed by atoms with E-state index in [-0.39, 0.29) is 0 Å². The third-order valence-electron chi connectivity index (χ3n) is 3.04. The molecule has 0 saturated heterocycles. The lowest BCUT2D eigenvalue weighted by Crippen LogP contribution is -2.24. The van der Waals surface area contributed by atoms with Gasteiger partial charge in [0.2, 0.25) is 0 Å². The minimum Gasteiger partial charge on any atom is -0.251 e. The first-order valence-electron chi connectivity index (χ1n) is 6.01. The molecule has 1 unspecified atom stereocenters. The molecule has 1 atom stereocenters. The van der Waals surface area contributed by atoms with Gasteiger partial charge in [0.1, 0.15) is 5.60 Å². The number of hydrogen-bond donors (Lipinski definition) is 1. The molecule has 0 aliphatic heterocycles. The van der Waals surface area contributed by atoms with Gasteiger partial charge in [-0.15, -0.1) is 0 Å². The summed E-state index contributed by atoms with van der Waals surface area (Å²) in [7, 11) is 0. The van der Waals surface area contributed by atoms with Crippen molar-refractivity contribution in [2.24, 2.45) is 0 Å². The molecule has 1 aromatic carbocycles. The molecule has 1 N–H and O–H groups in total. The molecule has 17 heavy (non-hydrogen) atoms. The van der Waals surface area contributed by atoms with Gasteiger partial charge in [-0.2, -0.15) is 0 Å². The fourth-order valence-electron chi connectivity index (χ4n) is 1.79. The summed E-state index contributed by atoms with van der Waals surface area (Å²) >= 11 is 0. The van der Waals surface area contributed by atoms with Crippen molar-refractivity contribution in [1.29, 1.82) is 0 Å². The highest BCUT2D eigenvalue weighted by Gasteiger charge is 2.27. The Hall–Kier alpha value is -1.12. The van der Waals surface area contributed by atoms with Crippen LogP contribution in [0.25, 0.3) is 0 Å². The maximum atomic E-state index is 9.15. The van der Waals surface area contributed by atoms with Gasteiger partial charge in [0, 0.05) is 0 Å². The molecule has 0 heterocycles. The quantitative estimate of drug-likeness (QED) is 0.463. The summed E-state index contributed by atoms with van der Waals surface area (Å²) in [5.74, 6) is 0. The number of aryl methyl sites for hydroxylation is 1. The van der Waals surface area contributed by atoms with E-state index in [2.05, 4.69) is 19.9 Å². The van der Waals surface area contributed by atoms with E-state index < -0.39 is 5.60 Å². The van der Waals surface area contributed by atoms with Crippen molar-refractivity contribution >= 4 is 0 Å². The van der Waals surface area contributed by atoms with Crippen LogP contribution in [0.15, 0.2) is 35.9 Å². The first kappa shape index (κ1) is 13.9. The minimum absolute atomic E-state index is 0.625. The molecule has 0 amide bonds. The highest BCUT2D eigenvalue weighted by Crippen LogP contribution is 2.30. The normalized spacial score (nSPS) is 14.2. The molecular formula is C15H22O2. The molecule has 1 rings (SSSR count). The van der Waals surface area contributed by atoms with Crippen LogP contribution in [0.2, 0.25) is 0 Å². The Labute approximate surface area is 104 Å². The first-order chi connectivity index (χ1) is 7.98. The predicted octanol–water partition coefficient (Wildman–Crippen LogP) is 4.45. The number of benzene rings is 1. The Morgan fingerprint density at radius 1 is 1.29 bits per heavy atom. The Balaban J connectivity index is 2.80. The Bertz CT molecular complexity index is 374. The monoisotopic (exact) mass is 234 g/mol. The van der Waals surface area contributed by atoms with E-state index >= 15 is 0 Å². The van der Waals surface area contributed by atoms with Gasteiger partial charge >= 0.3 is 0 Å². The molecule has 2 heteroatoms. The highest BCUT2D eigenvalue weighted by molar-refractivity contribution is 5.26. The molecule has 1 aromatic rings. The lowest BCUT2D eigenvalue weighted by atomic mass is 9.90. The van der Waals surface area contributed by atoms with Gasteiger partial charge in [0.25, 0.3) is 0 Å². The third-order valence-corrected chi connectivity index (χ3v) is 3.04. The zero-order chi connectivity index (χ0) is 12.9. The van der Waals surface area contributed by atoms with E-state index in [0.29, 0.717) is 0 Å². The molecule has 0 saturated carbocycles. The standard InChI is InChI=1S/C15H22O2/c1-12(2)6-5-11-15(4,17-16)14-9-7-13(3)8-10-14/h6-10,16H,5,11H2,1-4H3. The first-order valence-corrected chi connectivity index (χ1v) is 6.01. The van der Waals surface area contributed by atoms with Crippen LogP contribution in [0.1, 0.15) is 44.7 Å². The average Bonchev–Trinajstić information content (AvgIpc) is 2.29. The fraction of sp³-hybridized carbons (Fsp3) is 0.467. The second-order valence-electron chi connectivity index (χ2n) is 5.01. The van der Waals surface area contributed by atoms with Gasteiger partial charge in [-0.3, -0.25) is 5.26 Å². The van der Waals surface area contributed by atoms with Gasteiger partial charge in [-0.25, -0.2) is 4.89 Å². The van der Waals surface area contributed by atoms with Crippen LogP contribution in [0.5, 0.6) is 0 Å². The molecule has 0 fully saturated rings. The van der Waals surface area contributed by atoms with Crippen molar-refractivity contribution in [3.8, 4) is 0 Å². The molecule has 0 aliphatic rings. The molecular weight excluding hydrogens is 212 g/mol. The molecule has 0 spiro atoms. The van der Waals surface area contributed by atoms with Gasteiger partial charge in [-0.1, -0.05) is 41.5 Å². The highest BCUT2D eigenvalue weighted by atomic mass is 17.1. The van der Waals surface area contributed by atoms with E-state index in [1.54, 1.807) is 0 Å². The van der Waals surface area contributed by atoms with Gasteiger partial charge in [-0.05, 0) is 46.1 Å². The maximum Gasteiger partial charge on any atom is 0.126 e. The topological polar surface area (TPSA) is 29.5 Å². The van der Waals surface area contributed by atoms with Crippen LogP contribution in [0.4, 0.5) is 0 Å². The fourth-order valence-corrected chi connectivity index (χ4v) is 1.79. The van der Waals surface area contributed by atoms with Gasteiger partial charge in [0.15, 0.2) is 0 Å². The number of rotatable bonds is 5. The average molecular weight is 234 g/mol. The second-order valence-corrected chi connectivity index (χ2v) is 5.01. The van der Waals surface area contributed by atoms with Crippen molar-refractivity contribution in [2.45, 2.75) is 46.1 Å². The SMILES string of the molecule is CC(C)=CCCC(C)(OO)c1ccc(C)cc1. The molecule has 94 valence electrons. The summed E-state index contributed by atoms with van der Waals surface area (Å²) in [6.07, 6.45) is 3.82. The van der Waals surface area contributed by atoms with E-state index in [1.807, 2.05) is 38.1 Å². The molecule has 0 aromatic heterocycles. The Morgan fingerprint density at radius 3 is 2.35 bits per heavy atom. The summed E-state index contributed by atoms with van der Waals surface area (Å²) in [5, 5.41) is 9.15.